The van der Waals surface area contributed by atoms with Crippen LogP contribution in [0.25, 0.3) is 0 Å². The number of fused-ring (bicyclic) bond motifs is 1. The second kappa shape index (κ2) is 5.93. The summed E-state index contributed by atoms with van der Waals surface area (Å²) < 4.78 is 5.34. The van der Waals surface area contributed by atoms with Gasteiger partial charge in [0.25, 0.3) is 0 Å². The smallest absolute Gasteiger partial charge is 0.0507 e. The van der Waals surface area contributed by atoms with Gasteiger partial charge in [-0.2, -0.15) is 0 Å². The number of benzene rings is 1. The fraction of sp³-hybridized carbons (Fsp3) is 0.625. The van der Waals surface area contributed by atoms with Crippen molar-refractivity contribution in [1.82, 2.24) is 5.32 Å². The average Bonchev–Trinajstić information content (AvgIpc) is 2.47. The van der Waals surface area contributed by atoms with Crippen LogP contribution in [0.2, 0.25) is 0 Å². The first-order valence-corrected chi connectivity index (χ1v) is 7.44. The fourth-order valence-corrected chi connectivity index (χ4v) is 3.46. The molecular weight excluding hydrogens is 236 g/mol. The number of ether oxygens (including phenoxy) is 1. The molecule has 1 saturated heterocycles. The molecule has 0 saturated carbocycles. The minimum Gasteiger partial charge on any atom is -0.384 e. The highest BCUT2D eigenvalue weighted by Gasteiger charge is 2.23. The molecule has 1 atom stereocenters. The lowest BCUT2D eigenvalue weighted by atomic mass is 9.94. The highest BCUT2D eigenvalue weighted by molar-refractivity contribution is 5.58. The number of nitrogens with zero attached hydrogens (tertiary/aromatic N) is 1. The van der Waals surface area contributed by atoms with Crippen molar-refractivity contribution in [2.24, 2.45) is 5.92 Å². The quantitative estimate of drug-likeness (QED) is 0.901. The molecular formula is C16H24N2O. The minimum absolute atomic E-state index is 0.691. The van der Waals surface area contributed by atoms with Crippen LogP contribution in [-0.4, -0.2) is 33.4 Å². The van der Waals surface area contributed by atoms with E-state index in [4.69, 9.17) is 4.74 Å². The number of piperidine rings is 1. The van der Waals surface area contributed by atoms with Crippen molar-refractivity contribution in [2.75, 3.05) is 38.3 Å². The Morgan fingerprint density at radius 3 is 3.26 bits per heavy atom. The van der Waals surface area contributed by atoms with Gasteiger partial charge in [0.2, 0.25) is 0 Å². The topological polar surface area (TPSA) is 24.5 Å². The van der Waals surface area contributed by atoms with Crippen molar-refractivity contribution in [2.45, 2.75) is 25.8 Å². The van der Waals surface area contributed by atoms with Gasteiger partial charge in [0, 0.05) is 32.4 Å². The summed E-state index contributed by atoms with van der Waals surface area (Å²) >= 11 is 0. The number of hydrogen-bond acceptors (Lipinski definition) is 3. The average molecular weight is 260 g/mol. The van der Waals surface area contributed by atoms with Gasteiger partial charge in [-0.25, -0.2) is 0 Å². The van der Waals surface area contributed by atoms with Gasteiger partial charge in [-0.15, -0.1) is 0 Å². The lowest BCUT2D eigenvalue weighted by molar-refractivity contribution is 0.143. The largest absolute Gasteiger partial charge is 0.384 e. The summed E-state index contributed by atoms with van der Waals surface area (Å²) in [4.78, 5) is 2.58. The zero-order valence-electron chi connectivity index (χ0n) is 11.8. The fourth-order valence-electron chi connectivity index (χ4n) is 3.46. The molecule has 104 valence electrons. The van der Waals surface area contributed by atoms with Crippen LogP contribution in [-0.2, 0) is 17.7 Å². The van der Waals surface area contributed by atoms with E-state index in [1.807, 2.05) is 7.11 Å². The Balaban J connectivity index is 1.81. The van der Waals surface area contributed by atoms with E-state index in [9.17, 15) is 0 Å². The van der Waals surface area contributed by atoms with Crippen molar-refractivity contribution >= 4 is 5.69 Å². The molecule has 2 aliphatic heterocycles. The molecule has 1 N–H and O–H groups in total. The number of rotatable bonds is 3. The molecule has 0 spiro atoms. The Morgan fingerprint density at radius 1 is 1.42 bits per heavy atom. The summed E-state index contributed by atoms with van der Waals surface area (Å²) in [6.07, 6.45) is 3.76. The lowest BCUT2D eigenvalue weighted by Crippen LogP contribution is -2.38. The molecule has 0 aromatic heterocycles. The molecule has 0 aliphatic carbocycles. The first-order chi connectivity index (χ1) is 9.38. The van der Waals surface area contributed by atoms with Gasteiger partial charge in [-0.05, 0) is 48.9 Å². The second-order valence-corrected chi connectivity index (χ2v) is 5.75. The SMILES string of the molecule is COCC1CCCN(c2cccc3c2CCNC3)C1. The standard InChI is InChI=1S/C16H24N2O/c1-19-12-13-4-3-9-18(11-13)16-6-2-5-14-10-17-8-7-15(14)16/h2,5-6,13,17H,3-4,7-12H2,1H3. The first kappa shape index (κ1) is 12.9. The summed E-state index contributed by atoms with van der Waals surface area (Å²) in [5, 5.41) is 3.46. The number of hydrogen-bond donors (Lipinski definition) is 1. The highest BCUT2D eigenvalue weighted by atomic mass is 16.5. The lowest BCUT2D eigenvalue weighted by Gasteiger charge is -2.36. The molecule has 0 amide bonds. The van der Waals surface area contributed by atoms with E-state index in [0.717, 1.165) is 32.7 Å². The van der Waals surface area contributed by atoms with Gasteiger partial charge in [-0.1, -0.05) is 12.1 Å². The third kappa shape index (κ3) is 2.77. The second-order valence-electron chi connectivity index (χ2n) is 5.75. The molecule has 2 aliphatic rings. The van der Waals surface area contributed by atoms with Crippen molar-refractivity contribution < 1.29 is 4.74 Å². The summed E-state index contributed by atoms with van der Waals surface area (Å²) in [5.74, 6) is 0.691. The summed E-state index contributed by atoms with van der Waals surface area (Å²) in [5.41, 5.74) is 4.52. The molecule has 0 radical (unpaired) electrons. The Hall–Kier alpha value is -1.06. The van der Waals surface area contributed by atoms with Crippen LogP contribution in [0, 0.1) is 5.92 Å². The third-order valence-electron chi connectivity index (χ3n) is 4.38. The van der Waals surface area contributed by atoms with Gasteiger partial charge in [0.15, 0.2) is 0 Å². The van der Waals surface area contributed by atoms with Gasteiger partial charge >= 0.3 is 0 Å². The Bertz CT molecular complexity index is 431. The molecule has 2 heterocycles. The maximum Gasteiger partial charge on any atom is 0.0507 e. The summed E-state index contributed by atoms with van der Waals surface area (Å²) in [6.45, 7) is 5.38. The van der Waals surface area contributed by atoms with Crippen molar-refractivity contribution in [3.63, 3.8) is 0 Å². The predicted molar refractivity (Wildman–Crippen MR) is 78.7 cm³/mol. The van der Waals surface area contributed by atoms with Crippen molar-refractivity contribution in [3.05, 3.63) is 29.3 Å². The molecule has 1 fully saturated rings. The van der Waals surface area contributed by atoms with Crippen LogP contribution >= 0.6 is 0 Å². The van der Waals surface area contributed by atoms with E-state index >= 15 is 0 Å². The molecule has 3 nitrogen and oxygen atoms in total. The molecule has 1 aromatic rings. The first-order valence-electron chi connectivity index (χ1n) is 7.44. The number of nitrogens with one attached hydrogen (secondary N) is 1. The Morgan fingerprint density at radius 2 is 2.37 bits per heavy atom. The Kier molecular flexibility index (Phi) is 4.04. The van der Waals surface area contributed by atoms with E-state index in [-0.39, 0.29) is 0 Å². The van der Waals surface area contributed by atoms with Crippen LogP contribution in [0.4, 0.5) is 5.69 Å². The number of anilines is 1. The van der Waals surface area contributed by atoms with Gasteiger partial charge in [-0.3, -0.25) is 0 Å². The van der Waals surface area contributed by atoms with Crippen LogP contribution < -0.4 is 10.2 Å². The molecule has 1 aromatic carbocycles. The maximum atomic E-state index is 5.34. The normalized spacial score (nSPS) is 23.2. The zero-order valence-corrected chi connectivity index (χ0v) is 11.8. The molecule has 3 heteroatoms. The van der Waals surface area contributed by atoms with E-state index in [2.05, 4.69) is 28.4 Å². The van der Waals surface area contributed by atoms with Gasteiger partial charge in [0.05, 0.1) is 6.61 Å². The Labute approximate surface area is 115 Å². The zero-order chi connectivity index (χ0) is 13.1. The van der Waals surface area contributed by atoms with E-state index < -0.39 is 0 Å². The van der Waals surface area contributed by atoms with Crippen molar-refractivity contribution in [3.8, 4) is 0 Å². The molecule has 1 unspecified atom stereocenters. The van der Waals surface area contributed by atoms with Gasteiger partial charge < -0.3 is 15.0 Å². The maximum absolute atomic E-state index is 5.34. The van der Waals surface area contributed by atoms with E-state index in [1.165, 1.54) is 30.6 Å². The number of methoxy groups -OCH3 is 1. The molecule has 0 bridgehead atoms. The molecule has 3 rings (SSSR count). The van der Waals surface area contributed by atoms with Crippen molar-refractivity contribution in [1.29, 1.82) is 0 Å². The summed E-state index contributed by atoms with van der Waals surface area (Å²) in [7, 11) is 1.81. The van der Waals surface area contributed by atoms with Gasteiger partial charge in [0.1, 0.15) is 0 Å². The monoisotopic (exact) mass is 260 g/mol. The van der Waals surface area contributed by atoms with Crippen LogP contribution in [0.3, 0.4) is 0 Å². The highest BCUT2D eigenvalue weighted by Crippen LogP contribution is 2.30. The van der Waals surface area contributed by atoms with E-state index in [0.29, 0.717) is 5.92 Å². The van der Waals surface area contributed by atoms with Crippen LogP contribution in [0.5, 0.6) is 0 Å². The van der Waals surface area contributed by atoms with E-state index in [1.54, 1.807) is 5.56 Å². The van der Waals surface area contributed by atoms with Crippen LogP contribution in [0.1, 0.15) is 24.0 Å². The summed E-state index contributed by atoms with van der Waals surface area (Å²) in [6, 6.07) is 6.78. The minimum atomic E-state index is 0.691. The van der Waals surface area contributed by atoms with Crippen LogP contribution in [0.15, 0.2) is 18.2 Å². The predicted octanol–water partition coefficient (Wildman–Crippen LogP) is 2.20. The molecule has 19 heavy (non-hydrogen) atoms. The third-order valence-corrected chi connectivity index (χ3v) is 4.38.